The molecule has 0 aromatic rings. The van der Waals surface area contributed by atoms with E-state index >= 15 is 0 Å². The SMILES string of the molecule is CCCCCN=C(NCC)NCCCCN1CCC(C(N)=O)CC1.I. The summed E-state index contributed by atoms with van der Waals surface area (Å²) in [6.07, 6.45) is 7.78. The van der Waals surface area contributed by atoms with Crippen molar-refractivity contribution in [3.05, 3.63) is 0 Å². The topological polar surface area (TPSA) is 82.8 Å². The zero-order valence-electron chi connectivity index (χ0n) is 16.1. The molecule has 4 N–H and O–H groups in total. The first-order chi connectivity index (χ1) is 11.7. The minimum atomic E-state index is -0.131. The number of piperidine rings is 1. The van der Waals surface area contributed by atoms with Gasteiger partial charge in [-0.3, -0.25) is 9.79 Å². The number of hydrogen-bond donors (Lipinski definition) is 3. The van der Waals surface area contributed by atoms with Crippen LogP contribution in [0.5, 0.6) is 0 Å². The van der Waals surface area contributed by atoms with Crippen molar-refractivity contribution >= 4 is 35.8 Å². The van der Waals surface area contributed by atoms with E-state index in [1.807, 2.05) is 0 Å². The maximum Gasteiger partial charge on any atom is 0.220 e. The molecule has 1 aliphatic heterocycles. The van der Waals surface area contributed by atoms with Gasteiger partial charge in [0.2, 0.25) is 5.91 Å². The molecule has 1 heterocycles. The number of carbonyl (C=O) groups is 1. The van der Waals surface area contributed by atoms with Crippen molar-refractivity contribution in [3.8, 4) is 0 Å². The number of aliphatic imine (C=N–C) groups is 1. The first kappa shape index (κ1) is 24.4. The Hall–Kier alpha value is -0.570. The summed E-state index contributed by atoms with van der Waals surface area (Å²) in [5.74, 6) is 0.901. The normalized spacial score (nSPS) is 16.3. The first-order valence-electron chi connectivity index (χ1n) is 9.71. The molecule has 0 bridgehead atoms. The third-order valence-corrected chi connectivity index (χ3v) is 4.56. The fourth-order valence-corrected chi connectivity index (χ4v) is 3.00. The van der Waals surface area contributed by atoms with Gasteiger partial charge in [-0.25, -0.2) is 0 Å². The number of nitrogens with two attached hydrogens (primary N) is 1. The highest BCUT2D eigenvalue weighted by atomic mass is 127. The number of unbranched alkanes of at least 4 members (excludes halogenated alkanes) is 3. The molecule has 1 rings (SSSR count). The van der Waals surface area contributed by atoms with Crippen molar-refractivity contribution in [1.29, 1.82) is 0 Å². The van der Waals surface area contributed by atoms with Crippen LogP contribution in [-0.4, -0.2) is 56.0 Å². The van der Waals surface area contributed by atoms with E-state index < -0.39 is 0 Å². The lowest BCUT2D eigenvalue weighted by Gasteiger charge is -2.30. The number of guanidine groups is 1. The number of halogens is 1. The molecule has 0 unspecified atom stereocenters. The number of nitrogens with one attached hydrogen (secondary N) is 2. The van der Waals surface area contributed by atoms with Crippen LogP contribution in [-0.2, 0) is 4.79 Å². The Balaban J connectivity index is 0.00000576. The van der Waals surface area contributed by atoms with E-state index in [0.717, 1.165) is 70.9 Å². The average molecular weight is 467 g/mol. The predicted molar refractivity (Wildman–Crippen MR) is 117 cm³/mol. The Morgan fingerprint density at radius 1 is 1.12 bits per heavy atom. The van der Waals surface area contributed by atoms with Crippen LogP contribution in [0.25, 0.3) is 0 Å². The second kappa shape index (κ2) is 15.7. The highest BCUT2D eigenvalue weighted by Gasteiger charge is 2.22. The van der Waals surface area contributed by atoms with Gasteiger partial charge in [-0.05, 0) is 58.7 Å². The van der Waals surface area contributed by atoms with Gasteiger partial charge < -0.3 is 21.3 Å². The summed E-state index contributed by atoms with van der Waals surface area (Å²) >= 11 is 0. The lowest BCUT2D eigenvalue weighted by Crippen LogP contribution is -2.39. The number of likely N-dealkylation sites (tertiary alicyclic amines) is 1. The minimum absolute atomic E-state index is 0. The summed E-state index contributed by atoms with van der Waals surface area (Å²) in [7, 11) is 0. The molecule has 0 spiro atoms. The van der Waals surface area contributed by atoms with E-state index in [0.29, 0.717) is 0 Å². The number of carbonyl (C=O) groups excluding carboxylic acids is 1. The second-order valence-corrected chi connectivity index (χ2v) is 6.62. The molecule has 1 amide bonds. The lowest BCUT2D eigenvalue weighted by atomic mass is 9.96. The molecule has 0 aromatic heterocycles. The van der Waals surface area contributed by atoms with Crippen molar-refractivity contribution in [2.75, 3.05) is 39.3 Å². The van der Waals surface area contributed by atoms with Crippen molar-refractivity contribution in [2.45, 2.75) is 58.8 Å². The van der Waals surface area contributed by atoms with Gasteiger partial charge in [0.1, 0.15) is 0 Å². The highest BCUT2D eigenvalue weighted by molar-refractivity contribution is 14.0. The van der Waals surface area contributed by atoms with E-state index in [-0.39, 0.29) is 35.8 Å². The quantitative estimate of drug-likeness (QED) is 0.189. The van der Waals surface area contributed by atoms with Crippen molar-refractivity contribution in [1.82, 2.24) is 15.5 Å². The molecule has 1 fully saturated rings. The monoisotopic (exact) mass is 467 g/mol. The molecule has 0 aromatic carbocycles. The summed E-state index contributed by atoms with van der Waals surface area (Å²) in [5, 5.41) is 6.72. The van der Waals surface area contributed by atoms with Gasteiger partial charge in [0.25, 0.3) is 0 Å². The van der Waals surface area contributed by atoms with Crippen LogP contribution >= 0.6 is 24.0 Å². The Kier molecular flexibility index (Phi) is 15.3. The molecule has 1 aliphatic rings. The maximum atomic E-state index is 11.2. The third-order valence-electron chi connectivity index (χ3n) is 4.56. The second-order valence-electron chi connectivity index (χ2n) is 6.62. The third kappa shape index (κ3) is 11.6. The van der Waals surface area contributed by atoms with Gasteiger partial charge in [0, 0.05) is 25.6 Å². The number of nitrogens with zero attached hydrogens (tertiary/aromatic N) is 2. The van der Waals surface area contributed by atoms with Crippen LogP contribution in [0.2, 0.25) is 0 Å². The van der Waals surface area contributed by atoms with Gasteiger partial charge in [-0.15, -0.1) is 24.0 Å². The Labute approximate surface area is 170 Å². The Bertz CT molecular complexity index is 370. The average Bonchev–Trinajstić information content (AvgIpc) is 2.58. The number of rotatable bonds is 11. The molecule has 1 saturated heterocycles. The maximum absolute atomic E-state index is 11.2. The lowest BCUT2D eigenvalue weighted by molar-refractivity contribution is -0.123. The zero-order valence-corrected chi connectivity index (χ0v) is 18.4. The fourth-order valence-electron chi connectivity index (χ4n) is 3.00. The van der Waals surface area contributed by atoms with Crippen molar-refractivity contribution in [2.24, 2.45) is 16.6 Å². The van der Waals surface area contributed by atoms with Crippen LogP contribution in [0.4, 0.5) is 0 Å². The number of hydrogen-bond acceptors (Lipinski definition) is 3. The standard InChI is InChI=1S/C18H37N5O.HI/c1-3-5-6-11-21-18(20-4-2)22-12-7-8-13-23-14-9-16(10-15-23)17(19)24;/h16H,3-15H2,1-2H3,(H2,19,24)(H2,20,21,22);1H. The predicted octanol–water partition coefficient (Wildman–Crippen LogP) is 2.33. The van der Waals surface area contributed by atoms with Crippen LogP contribution in [0.3, 0.4) is 0 Å². The van der Waals surface area contributed by atoms with Crippen LogP contribution in [0.1, 0.15) is 58.8 Å². The summed E-state index contributed by atoms with van der Waals surface area (Å²) in [5.41, 5.74) is 5.37. The van der Waals surface area contributed by atoms with Gasteiger partial charge in [0.05, 0.1) is 0 Å². The molecular weight excluding hydrogens is 429 g/mol. The number of primary amides is 1. The highest BCUT2D eigenvalue weighted by Crippen LogP contribution is 2.16. The van der Waals surface area contributed by atoms with Crippen LogP contribution < -0.4 is 16.4 Å². The van der Waals surface area contributed by atoms with E-state index in [4.69, 9.17) is 5.73 Å². The van der Waals surface area contributed by atoms with Gasteiger partial charge in [-0.2, -0.15) is 0 Å². The number of amides is 1. The Morgan fingerprint density at radius 3 is 2.44 bits per heavy atom. The van der Waals surface area contributed by atoms with E-state index in [2.05, 4.69) is 34.4 Å². The van der Waals surface area contributed by atoms with Crippen molar-refractivity contribution in [3.63, 3.8) is 0 Å². The van der Waals surface area contributed by atoms with Gasteiger partial charge in [-0.1, -0.05) is 19.8 Å². The largest absolute Gasteiger partial charge is 0.369 e. The molecule has 0 aliphatic carbocycles. The van der Waals surface area contributed by atoms with E-state index in [1.165, 1.54) is 19.3 Å². The summed E-state index contributed by atoms with van der Waals surface area (Å²) in [6.45, 7) is 10.2. The molecule has 148 valence electrons. The van der Waals surface area contributed by atoms with Gasteiger partial charge >= 0.3 is 0 Å². The molecule has 6 nitrogen and oxygen atoms in total. The summed E-state index contributed by atoms with van der Waals surface area (Å²) < 4.78 is 0. The molecule has 7 heteroatoms. The summed E-state index contributed by atoms with van der Waals surface area (Å²) in [4.78, 5) is 18.2. The van der Waals surface area contributed by atoms with Crippen LogP contribution in [0, 0.1) is 5.92 Å². The van der Waals surface area contributed by atoms with Crippen molar-refractivity contribution < 1.29 is 4.79 Å². The molecule has 25 heavy (non-hydrogen) atoms. The molecule has 0 saturated carbocycles. The first-order valence-corrected chi connectivity index (χ1v) is 9.71. The van der Waals surface area contributed by atoms with E-state index in [9.17, 15) is 4.79 Å². The summed E-state index contributed by atoms with van der Waals surface area (Å²) in [6, 6.07) is 0. The Morgan fingerprint density at radius 2 is 1.84 bits per heavy atom. The van der Waals surface area contributed by atoms with E-state index in [1.54, 1.807) is 0 Å². The minimum Gasteiger partial charge on any atom is -0.369 e. The fraction of sp³-hybridized carbons (Fsp3) is 0.889. The molecular formula is C18H38IN5O. The molecule has 0 atom stereocenters. The zero-order chi connectivity index (χ0) is 17.6. The van der Waals surface area contributed by atoms with Gasteiger partial charge in [0.15, 0.2) is 5.96 Å². The molecule has 0 radical (unpaired) electrons. The van der Waals surface area contributed by atoms with Crippen LogP contribution in [0.15, 0.2) is 4.99 Å². The smallest absolute Gasteiger partial charge is 0.220 e.